The van der Waals surface area contributed by atoms with Crippen molar-refractivity contribution in [1.82, 2.24) is 9.80 Å². The molecule has 534 valence electrons. The Hall–Kier alpha value is -9.68. The van der Waals surface area contributed by atoms with Gasteiger partial charge in [-0.15, -0.1) is 0 Å². The molecule has 0 aromatic heterocycles. The van der Waals surface area contributed by atoms with Crippen LogP contribution in [0.3, 0.4) is 0 Å². The van der Waals surface area contributed by atoms with Gasteiger partial charge in [-0.25, -0.2) is 4.79 Å². The van der Waals surface area contributed by atoms with Gasteiger partial charge in [0.1, 0.15) is 16.7 Å². The second-order valence-corrected chi connectivity index (χ2v) is 22.3. The standard InChI is InChI=1S/C30H37N3O5.C21H30N2O2.C9H8ClNO3.C9H9NO4.6H2O/c1-6-7-16-38-29-19-24(10-13-28(29)37-5)20-32(4)15-14-23-8-11-25(12-9-23)31-30(34)26-17-21(2)22(3)18-27(26)33(35)36;1-4-5-14-25-21-15-18(8-11-20(21)24-3)16-23(2)13-12-17-6-9-19(22)10-7-17;1-5-3-7(9(10)12)8(11(13)14)4-6(5)2;1-5-3-7(9(11)12)8(10(13)14)4-6(5)2;;;;;;/h8-13,17-19H,6-7,14-16,20H2,1-5H3,(H,31,34);6-11,15H,4-5,12-14,16,22H2,1-3H3;3-4H,1-2H3;3-4H,1-2H3,(H,11,12);6*1H2. The van der Waals surface area contributed by atoms with Crippen molar-refractivity contribution in [2.24, 2.45) is 0 Å². The predicted octanol–water partition coefficient (Wildman–Crippen LogP) is 10.0. The highest BCUT2D eigenvalue weighted by Crippen LogP contribution is 2.32. The smallest absolute Gasteiger partial charge is 0.342 e. The lowest BCUT2D eigenvalue weighted by Crippen LogP contribution is -2.20. The summed E-state index contributed by atoms with van der Waals surface area (Å²) in [6.45, 7) is 19.7. The van der Waals surface area contributed by atoms with Crippen LogP contribution in [-0.4, -0.2) is 134 Å². The summed E-state index contributed by atoms with van der Waals surface area (Å²) in [5.41, 5.74) is 15.5. The van der Waals surface area contributed by atoms with Gasteiger partial charge in [-0.05, 0) is 215 Å². The number of nitro benzene ring substituents is 3. The van der Waals surface area contributed by atoms with Crippen molar-refractivity contribution in [2.75, 3.05) is 65.7 Å². The molecule has 0 unspecified atom stereocenters. The van der Waals surface area contributed by atoms with Gasteiger partial charge < -0.3 is 77.8 Å². The third-order valence-electron chi connectivity index (χ3n) is 14.7. The zero-order valence-corrected chi connectivity index (χ0v) is 57.7. The predicted molar refractivity (Wildman–Crippen MR) is 379 cm³/mol. The van der Waals surface area contributed by atoms with Crippen LogP contribution in [0.4, 0.5) is 28.4 Å². The highest BCUT2D eigenvalue weighted by molar-refractivity contribution is 6.68. The van der Waals surface area contributed by atoms with Gasteiger partial charge in [-0.2, -0.15) is 0 Å². The summed E-state index contributed by atoms with van der Waals surface area (Å²) in [7, 11) is 7.55. The number of halogens is 1. The van der Waals surface area contributed by atoms with Gasteiger partial charge in [0, 0.05) is 55.8 Å². The van der Waals surface area contributed by atoms with Crippen LogP contribution >= 0.6 is 11.6 Å². The molecule has 1 amide bonds. The summed E-state index contributed by atoms with van der Waals surface area (Å²) in [6, 6.07) is 36.3. The molecular formula is C69H96ClN7O20. The second kappa shape index (κ2) is 45.7. The molecule has 16 N–H and O–H groups in total. The van der Waals surface area contributed by atoms with Crippen LogP contribution in [0.2, 0.25) is 0 Å². The van der Waals surface area contributed by atoms with Crippen molar-refractivity contribution in [1.29, 1.82) is 0 Å². The number of carboxylic acid groups (broad SMARTS) is 1. The molecule has 0 saturated carbocycles. The van der Waals surface area contributed by atoms with Crippen molar-refractivity contribution < 1.29 is 86.1 Å². The number of nitrogens with one attached hydrogen (secondary N) is 1. The Morgan fingerprint density at radius 1 is 0.495 bits per heavy atom. The number of nitrogens with two attached hydrogens (primary N) is 1. The molecule has 0 aliphatic rings. The molecule has 97 heavy (non-hydrogen) atoms. The Morgan fingerprint density at radius 2 is 0.825 bits per heavy atom. The van der Waals surface area contributed by atoms with Crippen LogP contribution in [-0.2, 0) is 25.9 Å². The van der Waals surface area contributed by atoms with Crippen molar-refractivity contribution >= 4 is 57.2 Å². The van der Waals surface area contributed by atoms with E-state index in [0.717, 1.165) is 139 Å². The Kier molecular flexibility index (Phi) is 43.1. The molecule has 0 heterocycles. The Labute approximate surface area is 570 Å². The fourth-order valence-corrected chi connectivity index (χ4v) is 9.09. The van der Waals surface area contributed by atoms with E-state index in [2.05, 4.69) is 73.4 Å². The average molecular weight is 1380 g/mol. The van der Waals surface area contributed by atoms with E-state index in [9.17, 15) is 44.7 Å². The largest absolute Gasteiger partial charge is 0.493 e. The molecule has 27 nitrogen and oxygen atoms in total. The number of carboxylic acids is 1. The van der Waals surface area contributed by atoms with Gasteiger partial charge >= 0.3 is 5.97 Å². The molecule has 7 aromatic carbocycles. The molecule has 28 heteroatoms. The van der Waals surface area contributed by atoms with Gasteiger partial charge in [0.2, 0.25) is 0 Å². The van der Waals surface area contributed by atoms with E-state index in [1.165, 1.54) is 41.5 Å². The van der Waals surface area contributed by atoms with Crippen molar-refractivity contribution in [3.63, 3.8) is 0 Å². The number of ether oxygens (including phenoxy) is 4. The van der Waals surface area contributed by atoms with Crippen LogP contribution in [0.1, 0.15) is 126 Å². The summed E-state index contributed by atoms with van der Waals surface area (Å²) >= 11 is 5.23. The van der Waals surface area contributed by atoms with E-state index >= 15 is 0 Å². The Bertz CT molecular complexity index is 3480. The first-order valence-electron chi connectivity index (χ1n) is 29.6. The first-order chi connectivity index (χ1) is 43.2. The van der Waals surface area contributed by atoms with Crippen molar-refractivity contribution in [3.8, 4) is 23.0 Å². The van der Waals surface area contributed by atoms with E-state index < -0.39 is 31.9 Å². The number of rotatable bonds is 27. The van der Waals surface area contributed by atoms with Crippen LogP contribution in [0.5, 0.6) is 23.0 Å². The zero-order chi connectivity index (χ0) is 67.5. The lowest BCUT2D eigenvalue weighted by Gasteiger charge is -2.18. The first kappa shape index (κ1) is 91.5. The number of hydrogen-bond acceptors (Lipinski definition) is 16. The van der Waals surface area contributed by atoms with Crippen LogP contribution in [0.15, 0.2) is 121 Å². The SMILES string of the molecule is CCCCOc1cc(CN(C)CCc2ccc(N)cc2)ccc1OC.CCCCOc1cc(CN(C)CCc2ccc(NC(=O)c3cc(C)c(C)cc3[N+](=O)[O-])cc2)ccc1OC.Cc1cc(C(=O)Cl)c([N+](=O)[O-])cc1C.Cc1cc(C(=O)O)c([N+](=O)[O-])cc1C.O.O.O.O.O.O. The average Bonchev–Trinajstić information content (AvgIpc) is 0.880. The molecular weight excluding hydrogens is 1280 g/mol. The van der Waals surface area contributed by atoms with Crippen molar-refractivity contribution in [3.05, 3.63) is 224 Å². The number of carbonyl (C=O) groups excluding carboxylic acids is 2. The molecule has 0 atom stereocenters. The molecule has 0 aliphatic heterocycles. The molecule has 7 rings (SSSR count). The molecule has 0 bridgehead atoms. The van der Waals surface area contributed by atoms with Gasteiger partial charge in [0.15, 0.2) is 23.0 Å². The third-order valence-corrected chi connectivity index (χ3v) is 14.9. The lowest BCUT2D eigenvalue weighted by molar-refractivity contribution is -0.385. The number of nitro groups is 3. The number of methoxy groups -OCH3 is 2. The van der Waals surface area contributed by atoms with Crippen LogP contribution in [0, 0.1) is 71.9 Å². The number of hydrogen-bond donors (Lipinski definition) is 3. The van der Waals surface area contributed by atoms with Gasteiger partial charge in [0.25, 0.3) is 28.2 Å². The van der Waals surface area contributed by atoms with E-state index in [-0.39, 0.29) is 66.6 Å². The maximum absolute atomic E-state index is 12.8. The molecule has 7 aromatic rings. The highest BCUT2D eigenvalue weighted by atomic mass is 35.5. The monoisotopic (exact) mass is 1380 g/mol. The van der Waals surface area contributed by atoms with E-state index in [0.29, 0.717) is 17.9 Å². The number of amides is 1. The minimum atomic E-state index is -1.28. The minimum absolute atomic E-state index is 0. The molecule has 0 aliphatic carbocycles. The summed E-state index contributed by atoms with van der Waals surface area (Å²) in [6.07, 6.45) is 6.09. The fourth-order valence-electron chi connectivity index (χ4n) is 8.94. The summed E-state index contributed by atoms with van der Waals surface area (Å²) in [4.78, 5) is 69.7. The van der Waals surface area contributed by atoms with Gasteiger partial charge in [0.05, 0.1) is 42.2 Å². The highest BCUT2D eigenvalue weighted by Gasteiger charge is 2.24. The quantitative estimate of drug-likeness (QED) is 0.0142. The maximum atomic E-state index is 12.8. The Balaban J connectivity index is -0.00000129. The van der Waals surface area contributed by atoms with E-state index in [1.54, 1.807) is 54.9 Å². The summed E-state index contributed by atoms with van der Waals surface area (Å²) < 4.78 is 22.6. The second-order valence-electron chi connectivity index (χ2n) is 22.0. The number of anilines is 2. The number of nitrogens with zero attached hydrogens (tertiary/aromatic N) is 5. The molecule has 0 spiro atoms. The number of carbonyl (C=O) groups is 3. The molecule has 0 radical (unpaired) electrons. The van der Waals surface area contributed by atoms with Gasteiger partial charge in [-0.3, -0.25) is 39.9 Å². The van der Waals surface area contributed by atoms with E-state index in [4.69, 9.17) is 41.4 Å². The van der Waals surface area contributed by atoms with Crippen LogP contribution in [0.25, 0.3) is 0 Å². The van der Waals surface area contributed by atoms with E-state index in [1.807, 2.05) is 61.5 Å². The number of unbranched alkanes of at least 4 members (excludes halogenated alkanes) is 2. The fraction of sp³-hybridized carbons (Fsp3) is 0.348. The third kappa shape index (κ3) is 29.5. The summed E-state index contributed by atoms with van der Waals surface area (Å²) in [5, 5.41) is 43.3. The number of nitrogen functional groups attached to an aromatic ring is 1. The normalized spacial score (nSPS) is 9.93. The van der Waals surface area contributed by atoms with Gasteiger partial charge in [-0.1, -0.05) is 63.1 Å². The first-order valence-corrected chi connectivity index (χ1v) is 30.0. The maximum Gasteiger partial charge on any atom is 0.342 e. The summed E-state index contributed by atoms with van der Waals surface area (Å²) in [5.74, 6) is 1.37. The topological polar surface area (TPSA) is 471 Å². The van der Waals surface area contributed by atoms with Crippen LogP contribution < -0.4 is 30.0 Å². The number of likely N-dealkylation sites (N-methyl/N-ethyl adjacent to an activating group) is 2. The molecule has 0 saturated heterocycles. The lowest BCUT2D eigenvalue weighted by atomic mass is 10.0. The number of aryl methyl sites for hydroxylation is 6. The van der Waals surface area contributed by atoms with Crippen molar-refractivity contribution in [2.45, 2.75) is 107 Å². The number of benzene rings is 7. The Morgan fingerprint density at radius 3 is 1.18 bits per heavy atom. The molecule has 0 fully saturated rings. The number of aromatic carboxylic acids is 1. The minimum Gasteiger partial charge on any atom is -0.493 e. The zero-order valence-electron chi connectivity index (χ0n) is 57.0.